The van der Waals surface area contributed by atoms with Crippen LogP contribution in [0.2, 0.25) is 0 Å². The summed E-state index contributed by atoms with van der Waals surface area (Å²) in [7, 11) is 0. The van der Waals surface area contributed by atoms with Crippen molar-refractivity contribution in [3.63, 3.8) is 0 Å². The first-order valence-electron chi connectivity index (χ1n) is 2.12. The third-order valence-electron chi connectivity index (χ3n) is 0.759. The topological polar surface area (TPSA) is 0 Å². The molecule has 0 unspecified atom stereocenters. The van der Waals surface area contributed by atoms with E-state index in [0.717, 1.165) is 4.48 Å². The molecule has 0 nitrogen and oxygen atoms in total. The van der Waals surface area contributed by atoms with Crippen molar-refractivity contribution in [2.45, 2.75) is 0 Å². The normalized spacial score (nSPS) is 16.8. The lowest BCUT2D eigenvalue weighted by Gasteiger charge is -1.84. The van der Waals surface area contributed by atoms with Gasteiger partial charge in [-0.2, -0.15) is 0 Å². The first-order chi connectivity index (χ1) is 3.80. The zero-order chi connectivity index (χ0) is 5.98. The second kappa shape index (κ2) is 2.76. The highest BCUT2D eigenvalue weighted by molar-refractivity contribution is 14.1. The highest BCUT2D eigenvalue weighted by Gasteiger charge is 2.07. The molecule has 8 heavy (non-hydrogen) atoms. The summed E-state index contributed by atoms with van der Waals surface area (Å²) in [5.74, 6) is 0. The van der Waals surface area contributed by atoms with Gasteiger partial charge in [0.05, 0.1) is 12.2 Å². The SMILES string of the molecule is BrC1=[C+]C=CC=C1I. The number of allylic oxidation sites excluding steroid dienone is 6. The smallest absolute Gasteiger partial charge is 0.00654 e. The van der Waals surface area contributed by atoms with Crippen molar-refractivity contribution < 1.29 is 0 Å². The van der Waals surface area contributed by atoms with Crippen LogP contribution in [0.25, 0.3) is 0 Å². The van der Waals surface area contributed by atoms with E-state index in [1.165, 1.54) is 3.58 Å². The van der Waals surface area contributed by atoms with Crippen LogP contribution in [0.1, 0.15) is 0 Å². The lowest BCUT2D eigenvalue weighted by atomic mass is 10.3. The Balaban J connectivity index is 2.93. The van der Waals surface area contributed by atoms with Gasteiger partial charge in [0.25, 0.3) is 0 Å². The second-order valence-electron chi connectivity index (χ2n) is 1.33. The van der Waals surface area contributed by atoms with Crippen molar-refractivity contribution in [3.8, 4) is 0 Å². The Hall–Kier alpha value is 0.340. The van der Waals surface area contributed by atoms with Crippen LogP contribution in [0.5, 0.6) is 0 Å². The van der Waals surface area contributed by atoms with E-state index in [4.69, 9.17) is 0 Å². The number of hydrogen-bond donors (Lipinski definition) is 0. The minimum atomic E-state index is 1.04. The van der Waals surface area contributed by atoms with Crippen molar-refractivity contribution in [2.24, 2.45) is 0 Å². The molecule has 40 valence electrons. The second-order valence-corrected chi connectivity index (χ2v) is 3.29. The Morgan fingerprint density at radius 3 is 2.75 bits per heavy atom. The standard InChI is InChI=1S/C6H3BrI/c7-5-3-1-2-4-6(5)8/h1-2,4H/q+1. The van der Waals surface area contributed by atoms with E-state index in [1.54, 1.807) is 0 Å². The molecule has 0 aliphatic heterocycles. The van der Waals surface area contributed by atoms with Gasteiger partial charge in [-0.1, -0.05) is 0 Å². The molecule has 0 saturated carbocycles. The summed E-state index contributed by atoms with van der Waals surface area (Å²) in [5.41, 5.74) is 0. The van der Waals surface area contributed by atoms with E-state index in [1.807, 2.05) is 18.2 Å². The third kappa shape index (κ3) is 1.41. The predicted octanol–water partition coefficient (Wildman–Crippen LogP) is 2.96. The Bertz CT molecular complexity index is 157. The zero-order valence-corrected chi connectivity index (χ0v) is 7.73. The van der Waals surface area contributed by atoms with Gasteiger partial charge >= 0.3 is 0 Å². The van der Waals surface area contributed by atoms with Crippen molar-refractivity contribution in [1.29, 1.82) is 0 Å². The fourth-order valence-corrected chi connectivity index (χ4v) is 1.02. The first-order valence-corrected chi connectivity index (χ1v) is 3.99. The summed E-state index contributed by atoms with van der Waals surface area (Å²) >= 11 is 5.58. The molecule has 0 atom stereocenters. The summed E-state index contributed by atoms with van der Waals surface area (Å²) in [6, 6.07) is 0. The molecular weight excluding hydrogens is 279 g/mol. The molecule has 0 aromatic heterocycles. The van der Waals surface area contributed by atoms with Gasteiger partial charge in [0.1, 0.15) is 9.66 Å². The molecule has 1 aliphatic rings. The Morgan fingerprint density at radius 1 is 1.62 bits per heavy atom. The maximum atomic E-state index is 3.33. The van der Waals surface area contributed by atoms with E-state index in [-0.39, 0.29) is 0 Å². The summed E-state index contributed by atoms with van der Waals surface area (Å²) in [6.07, 6.45) is 8.88. The molecule has 0 aromatic rings. The van der Waals surface area contributed by atoms with Gasteiger partial charge in [0.15, 0.2) is 4.48 Å². The molecule has 0 fully saturated rings. The van der Waals surface area contributed by atoms with Crippen molar-refractivity contribution in [3.05, 3.63) is 32.4 Å². The van der Waals surface area contributed by atoms with Crippen LogP contribution in [0.15, 0.2) is 26.3 Å². The number of hydrogen-bond acceptors (Lipinski definition) is 0. The maximum absolute atomic E-state index is 3.33. The van der Waals surface area contributed by atoms with Crippen LogP contribution in [-0.4, -0.2) is 0 Å². The fraction of sp³-hybridized carbons (Fsp3) is 0. The summed E-state index contributed by atoms with van der Waals surface area (Å²) < 4.78 is 2.24. The Labute approximate surface area is 70.6 Å². The van der Waals surface area contributed by atoms with Gasteiger partial charge in [-0.15, -0.1) is 0 Å². The predicted molar refractivity (Wildman–Crippen MR) is 46.9 cm³/mol. The molecule has 2 heteroatoms. The van der Waals surface area contributed by atoms with Crippen LogP contribution in [-0.2, 0) is 0 Å². The maximum Gasteiger partial charge on any atom is 0.194 e. The van der Waals surface area contributed by atoms with Crippen molar-refractivity contribution >= 4 is 38.5 Å². The molecule has 0 spiro atoms. The molecule has 0 saturated heterocycles. The molecule has 0 aromatic carbocycles. The average molecular weight is 282 g/mol. The lowest BCUT2D eigenvalue weighted by Crippen LogP contribution is -1.73. The van der Waals surface area contributed by atoms with E-state index >= 15 is 0 Å². The molecule has 0 amide bonds. The minimum absolute atomic E-state index is 1.04. The summed E-state index contributed by atoms with van der Waals surface area (Å²) in [4.78, 5) is 0. The quantitative estimate of drug-likeness (QED) is 0.473. The number of halogens is 2. The van der Waals surface area contributed by atoms with Gasteiger partial charge in [-0.3, -0.25) is 0 Å². The number of rotatable bonds is 0. The van der Waals surface area contributed by atoms with E-state index < -0.39 is 0 Å². The monoisotopic (exact) mass is 281 g/mol. The van der Waals surface area contributed by atoms with E-state index in [9.17, 15) is 0 Å². The third-order valence-corrected chi connectivity index (χ3v) is 3.05. The fourth-order valence-electron chi connectivity index (χ4n) is 0.396. The lowest BCUT2D eigenvalue weighted by molar-refractivity contribution is 1.72. The van der Waals surface area contributed by atoms with Gasteiger partial charge in [-0.25, -0.2) is 0 Å². The van der Waals surface area contributed by atoms with Crippen LogP contribution < -0.4 is 0 Å². The molecule has 0 N–H and O–H groups in total. The highest BCUT2D eigenvalue weighted by Crippen LogP contribution is 2.24. The Kier molecular flexibility index (Phi) is 2.23. The molecule has 0 heterocycles. The summed E-state index contributed by atoms with van der Waals surface area (Å²) in [6.45, 7) is 0. The molecule has 1 aliphatic carbocycles. The van der Waals surface area contributed by atoms with Crippen LogP contribution >= 0.6 is 38.5 Å². The van der Waals surface area contributed by atoms with Gasteiger partial charge < -0.3 is 0 Å². The Morgan fingerprint density at radius 2 is 2.38 bits per heavy atom. The average Bonchev–Trinajstić information content (AvgIpc) is 1.77. The van der Waals surface area contributed by atoms with Crippen LogP contribution in [0.4, 0.5) is 0 Å². The zero-order valence-electron chi connectivity index (χ0n) is 3.99. The molecule has 0 radical (unpaired) electrons. The first kappa shape index (κ1) is 6.46. The van der Waals surface area contributed by atoms with Crippen molar-refractivity contribution in [1.82, 2.24) is 0 Å². The molecular formula is C6H3BrI+. The minimum Gasteiger partial charge on any atom is -0.00654 e. The molecule has 0 bridgehead atoms. The van der Waals surface area contributed by atoms with E-state index in [0.29, 0.717) is 0 Å². The van der Waals surface area contributed by atoms with E-state index in [2.05, 4.69) is 44.6 Å². The largest absolute Gasteiger partial charge is 0.194 e. The molecule has 1 rings (SSSR count). The van der Waals surface area contributed by atoms with Gasteiger partial charge in [-0.05, 0) is 15.9 Å². The highest BCUT2D eigenvalue weighted by atomic mass is 127. The van der Waals surface area contributed by atoms with Gasteiger partial charge in [0, 0.05) is 28.7 Å². The van der Waals surface area contributed by atoms with Crippen LogP contribution in [0.3, 0.4) is 0 Å². The van der Waals surface area contributed by atoms with Crippen LogP contribution in [0, 0.1) is 6.08 Å². The van der Waals surface area contributed by atoms with Gasteiger partial charge in [0.2, 0.25) is 0 Å². The summed E-state index contributed by atoms with van der Waals surface area (Å²) in [5, 5.41) is 0. The van der Waals surface area contributed by atoms with Crippen molar-refractivity contribution in [2.75, 3.05) is 0 Å².